The fourth-order valence-corrected chi connectivity index (χ4v) is 3.77. The first-order chi connectivity index (χ1) is 12.2. The molecule has 5 nitrogen and oxygen atoms in total. The number of aryl methyl sites for hydroxylation is 1. The van der Waals surface area contributed by atoms with Gasteiger partial charge in [0.15, 0.2) is 5.96 Å². The molecule has 2 fully saturated rings. The molecule has 3 rings (SSSR count). The third-order valence-electron chi connectivity index (χ3n) is 5.30. The molecule has 2 saturated heterocycles. The summed E-state index contributed by atoms with van der Waals surface area (Å²) in [6.45, 7) is 7.91. The molecule has 1 spiro atoms. The molecule has 1 unspecified atom stereocenters. The monoisotopic (exact) mass is 473 g/mol. The van der Waals surface area contributed by atoms with Crippen LogP contribution >= 0.6 is 24.0 Å². The number of likely N-dealkylation sites (tertiary alicyclic amines) is 1. The van der Waals surface area contributed by atoms with Gasteiger partial charge in [-0.15, -0.1) is 24.0 Å². The maximum absolute atomic E-state index is 5.64. The molecule has 1 atom stereocenters. The van der Waals surface area contributed by atoms with Gasteiger partial charge in [0, 0.05) is 38.2 Å². The van der Waals surface area contributed by atoms with E-state index in [4.69, 9.17) is 14.5 Å². The molecule has 26 heavy (non-hydrogen) atoms. The molecule has 2 heterocycles. The summed E-state index contributed by atoms with van der Waals surface area (Å²) >= 11 is 0. The highest BCUT2D eigenvalue weighted by Gasteiger charge is 2.42. The fourth-order valence-electron chi connectivity index (χ4n) is 3.77. The van der Waals surface area contributed by atoms with E-state index in [1.165, 1.54) is 18.4 Å². The molecule has 1 aromatic rings. The van der Waals surface area contributed by atoms with E-state index < -0.39 is 0 Å². The Bertz CT molecular complexity index is 571. The Hall–Kier alpha value is -1.02. The van der Waals surface area contributed by atoms with Crippen LogP contribution in [0.25, 0.3) is 0 Å². The third-order valence-corrected chi connectivity index (χ3v) is 5.30. The number of benzene rings is 1. The largest absolute Gasteiger partial charge is 0.497 e. The number of halogens is 1. The summed E-state index contributed by atoms with van der Waals surface area (Å²) in [6, 6.07) is 8.32. The normalized spacial score (nSPS) is 22.5. The first-order valence-electron chi connectivity index (χ1n) is 9.49. The fraction of sp³-hybridized carbons (Fsp3) is 0.650. The lowest BCUT2D eigenvalue weighted by Crippen LogP contribution is -2.41. The van der Waals surface area contributed by atoms with E-state index in [2.05, 4.69) is 29.3 Å². The Labute approximate surface area is 174 Å². The summed E-state index contributed by atoms with van der Waals surface area (Å²) in [5.74, 6) is 1.98. The van der Waals surface area contributed by atoms with Gasteiger partial charge in [-0.2, -0.15) is 0 Å². The number of hydrogen-bond acceptors (Lipinski definition) is 3. The minimum absolute atomic E-state index is 0. The van der Waals surface area contributed by atoms with Crippen molar-refractivity contribution in [1.82, 2.24) is 10.2 Å². The molecular weight excluding hydrogens is 441 g/mol. The minimum atomic E-state index is 0. The van der Waals surface area contributed by atoms with E-state index in [1.54, 1.807) is 7.11 Å². The Balaban J connectivity index is 0.00000243. The lowest BCUT2D eigenvalue weighted by molar-refractivity contribution is 0.156. The average Bonchev–Trinajstić information content (AvgIpc) is 3.28. The van der Waals surface area contributed by atoms with Crippen molar-refractivity contribution in [2.45, 2.75) is 32.6 Å². The molecule has 2 aliphatic rings. The second-order valence-corrected chi connectivity index (χ2v) is 7.16. The molecule has 0 aliphatic carbocycles. The van der Waals surface area contributed by atoms with Gasteiger partial charge in [-0.05, 0) is 50.3 Å². The summed E-state index contributed by atoms with van der Waals surface area (Å²) in [4.78, 5) is 7.29. The van der Waals surface area contributed by atoms with Crippen LogP contribution in [0, 0.1) is 5.41 Å². The zero-order valence-electron chi connectivity index (χ0n) is 16.0. The van der Waals surface area contributed by atoms with Crippen molar-refractivity contribution in [2.75, 3.05) is 46.5 Å². The summed E-state index contributed by atoms with van der Waals surface area (Å²) in [6.07, 6.45) is 4.53. The van der Waals surface area contributed by atoms with Gasteiger partial charge >= 0.3 is 0 Å². The molecule has 2 aliphatic heterocycles. The van der Waals surface area contributed by atoms with Gasteiger partial charge < -0.3 is 19.7 Å². The van der Waals surface area contributed by atoms with Crippen molar-refractivity contribution in [3.8, 4) is 5.75 Å². The number of nitrogens with one attached hydrogen (secondary N) is 1. The second kappa shape index (κ2) is 10.3. The van der Waals surface area contributed by atoms with E-state index >= 15 is 0 Å². The number of rotatable bonds is 6. The topological polar surface area (TPSA) is 46.1 Å². The van der Waals surface area contributed by atoms with Gasteiger partial charge in [0.2, 0.25) is 0 Å². The number of nitrogens with zero attached hydrogens (tertiary/aromatic N) is 2. The highest BCUT2D eigenvalue weighted by atomic mass is 127. The number of ether oxygens (including phenoxy) is 2. The Morgan fingerprint density at radius 2 is 2.12 bits per heavy atom. The Morgan fingerprint density at radius 3 is 2.77 bits per heavy atom. The molecule has 0 amide bonds. The van der Waals surface area contributed by atoms with Crippen LogP contribution in [0.15, 0.2) is 29.3 Å². The van der Waals surface area contributed by atoms with Crippen molar-refractivity contribution in [3.63, 3.8) is 0 Å². The number of guanidine groups is 1. The summed E-state index contributed by atoms with van der Waals surface area (Å²) < 4.78 is 10.8. The standard InChI is InChI=1S/C20H31N3O2.HI/c1-3-21-19(23-13-10-20(15-23)11-14-25-16-20)22-12-4-5-17-6-8-18(24-2)9-7-17;/h6-9H,3-5,10-16H2,1-2H3,(H,21,22);1H. The van der Waals surface area contributed by atoms with Crippen LogP contribution in [0.4, 0.5) is 0 Å². The molecule has 6 heteroatoms. The van der Waals surface area contributed by atoms with Crippen LogP contribution in [0.3, 0.4) is 0 Å². The molecule has 0 aromatic heterocycles. The lowest BCUT2D eigenvalue weighted by atomic mass is 9.87. The van der Waals surface area contributed by atoms with Gasteiger partial charge in [-0.25, -0.2) is 0 Å². The van der Waals surface area contributed by atoms with Crippen LogP contribution in [0.1, 0.15) is 31.7 Å². The molecule has 1 N–H and O–H groups in total. The Morgan fingerprint density at radius 1 is 1.31 bits per heavy atom. The second-order valence-electron chi connectivity index (χ2n) is 7.16. The highest BCUT2D eigenvalue weighted by Crippen LogP contribution is 2.38. The van der Waals surface area contributed by atoms with Crippen LogP contribution in [-0.4, -0.2) is 57.4 Å². The SMILES string of the molecule is CCNC(=NCCCc1ccc(OC)cc1)N1CCC2(CCOC2)C1.I. The molecular formula is C20H32IN3O2. The predicted molar refractivity (Wildman–Crippen MR) is 117 cm³/mol. The van der Waals surface area contributed by atoms with E-state index in [0.29, 0.717) is 5.41 Å². The Kier molecular flexibility index (Phi) is 8.47. The summed E-state index contributed by atoms with van der Waals surface area (Å²) in [5, 5.41) is 3.46. The molecule has 1 aromatic carbocycles. The maximum atomic E-state index is 5.64. The summed E-state index contributed by atoms with van der Waals surface area (Å²) in [7, 11) is 1.70. The highest BCUT2D eigenvalue weighted by molar-refractivity contribution is 14.0. The lowest BCUT2D eigenvalue weighted by Gasteiger charge is -2.25. The first kappa shape index (κ1) is 21.3. The smallest absolute Gasteiger partial charge is 0.193 e. The van der Waals surface area contributed by atoms with E-state index in [1.807, 2.05) is 12.1 Å². The first-order valence-corrected chi connectivity index (χ1v) is 9.49. The van der Waals surface area contributed by atoms with Crippen LogP contribution < -0.4 is 10.1 Å². The van der Waals surface area contributed by atoms with Gasteiger partial charge in [0.25, 0.3) is 0 Å². The predicted octanol–water partition coefficient (Wildman–Crippen LogP) is 3.32. The van der Waals surface area contributed by atoms with Gasteiger partial charge in [-0.1, -0.05) is 12.1 Å². The zero-order chi connectivity index (χ0) is 17.5. The van der Waals surface area contributed by atoms with Crippen molar-refractivity contribution < 1.29 is 9.47 Å². The molecule has 0 radical (unpaired) electrons. The van der Waals surface area contributed by atoms with Crippen molar-refractivity contribution in [2.24, 2.45) is 10.4 Å². The van der Waals surface area contributed by atoms with Crippen LogP contribution in [0.2, 0.25) is 0 Å². The van der Waals surface area contributed by atoms with Crippen molar-refractivity contribution in [3.05, 3.63) is 29.8 Å². The molecule has 0 saturated carbocycles. The van der Waals surface area contributed by atoms with E-state index in [0.717, 1.165) is 63.9 Å². The van der Waals surface area contributed by atoms with Crippen LogP contribution in [-0.2, 0) is 11.2 Å². The maximum Gasteiger partial charge on any atom is 0.193 e. The minimum Gasteiger partial charge on any atom is -0.497 e. The number of aliphatic imine (C=N–C) groups is 1. The van der Waals surface area contributed by atoms with Gasteiger partial charge in [0.1, 0.15) is 5.75 Å². The van der Waals surface area contributed by atoms with Gasteiger partial charge in [-0.3, -0.25) is 4.99 Å². The molecule has 0 bridgehead atoms. The quantitative estimate of drug-likeness (QED) is 0.298. The van der Waals surface area contributed by atoms with Gasteiger partial charge in [0.05, 0.1) is 13.7 Å². The number of methoxy groups -OCH3 is 1. The zero-order valence-corrected chi connectivity index (χ0v) is 18.3. The van der Waals surface area contributed by atoms with Crippen molar-refractivity contribution >= 4 is 29.9 Å². The van der Waals surface area contributed by atoms with Crippen LogP contribution in [0.5, 0.6) is 5.75 Å². The molecule has 146 valence electrons. The van der Waals surface area contributed by atoms with E-state index in [9.17, 15) is 0 Å². The average molecular weight is 473 g/mol. The number of hydrogen-bond donors (Lipinski definition) is 1. The summed E-state index contributed by atoms with van der Waals surface area (Å²) in [5.41, 5.74) is 1.71. The van der Waals surface area contributed by atoms with E-state index in [-0.39, 0.29) is 24.0 Å². The third kappa shape index (κ3) is 5.49. The van der Waals surface area contributed by atoms with Crippen molar-refractivity contribution in [1.29, 1.82) is 0 Å².